The highest BCUT2D eigenvalue weighted by Crippen LogP contribution is 2.41. The molecule has 130 valence electrons. The van der Waals surface area contributed by atoms with E-state index in [-0.39, 0.29) is 17.3 Å². The van der Waals surface area contributed by atoms with Gasteiger partial charge in [0.1, 0.15) is 6.42 Å². The van der Waals surface area contributed by atoms with E-state index in [4.69, 9.17) is 0 Å². The van der Waals surface area contributed by atoms with E-state index in [2.05, 4.69) is 9.84 Å². The Bertz CT molecular complexity index is 660. The van der Waals surface area contributed by atoms with Gasteiger partial charge in [-0.25, -0.2) is 0 Å². The number of alkyl halides is 3. The topological polar surface area (TPSA) is 79.2 Å². The van der Waals surface area contributed by atoms with Gasteiger partial charge in [-0.3, -0.25) is 9.59 Å². The van der Waals surface area contributed by atoms with Crippen molar-refractivity contribution < 1.29 is 32.6 Å². The van der Waals surface area contributed by atoms with Gasteiger partial charge in [0, 0.05) is 0 Å². The summed E-state index contributed by atoms with van der Waals surface area (Å²) >= 11 is 0. The van der Waals surface area contributed by atoms with Crippen LogP contribution in [0.5, 0.6) is 0 Å². The Labute approximate surface area is 135 Å². The summed E-state index contributed by atoms with van der Waals surface area (Å²) in [7, 11) is 0. The molecule has 1 N–H and O–H groups in total. The average molecular weight is 344 g/mol. The number of esters is 1. The second-order valence-corrected chi connectivity index (χ2v) is 5.09. The molecule has 6 nitrogen and oxygen atoms in total. The molecule has 24 heavy (non-hydrogen) atoms. The number of rotatable bonds is 4. The molecule has 0 bridgehead atoms. The Morgan fingerprint density at radius 3 is 2.50 bits per heavy atom. The van der Waals surface area contributed by atoms with E-state index in [1.807, 2.05) is 0 Å². The molecule has 1 aliphatic heterocycles. The van der Waals surface area contributed by atoms with Gasteiger partial charge in [0.15, 0.2) is 0 Å². The third-order valence-electron chi connectivity index (χ3n) is 3.38. The van der Waals surface area contributed by atoms with Crippen molar-refractivity contribution in [2.24, 2.45) is 5.10 Å². The summed E-state index contributed by atoms with van der Waals surface area (Å²) < 4.78 is 44.4. The number of halogens is 3. The molecule has 0 saturated carbocycles. The Morgan fingerprint density at radius 2 is 1.96 bits per heavy atom. The van der Waals surface area contributed by atoms with Crippen LogP contribution in [0.4, 0.5) is 13.2 Å². The molecular weight excluding hydrogens is 329 g/mol. The summed E-state index contributed by atoms with van der Waals surface area (Å²) in [6.45, 7) is 1.48. The Balaban J connectivity index is 2.33. The maximum Gasteiger partial charge on any atom is 0.438 e. The minimum atomic E-state index is -5.14. The molecular formula is C15H15F3N2O4. The molecule has 1 amide bonds. The van der Waals surface area contributed by atoms with Gasteiger partial charge in [-0.05, 0) is 12.5 Å². The van der Waals surface area contributed by atoms with Gasteiger partial charge in [-0.2, -0.15) is 23.3 Å². The van der Waals surface area contributed by atoms with E-state index in [0.29, 0.717) is 5.56 Å². The fourth-order valence-corrected chi connectivity index (χ4v) is 2.23. The lowest BCUT2D eigenvalue weighted by Gasteiger charge is -2.32. The third-order valence-corrected chi connectivity index (χ3v) is 3.38. The van der Waals surface area contributed by atoms with Crippen LogP contribution in [0, 0.1) is 0 Å². The molecule has 1 unspecified atom stereocenters. The second-order valence-electron chi connectivity index (χ2n) is 5.09. The predicted molar refractivity (Wildman–Crippen MR) is 76.7 cm³/mol. The molecule has 1 aliphatic rings. The summed E-state index contributed by atoms with van der Waals surface area (Å²) in [5, 5.41) is 13.6. The van der Waals surface area contributed by atoms with Crippen molar-refractivity contribution in [3.63, 3.8) is 0 Å². The lowest BCUT2D eigenvalue weighted by molar-refractivity contribution is -0.302. The summed E-state index contributed by atoms with van der Waals surface area (Å²) in [4.78, 5) is 23.4. The molecule has 2 rings (SSSR count). The molecule has 0 aliphatic carbocycles. The van der Waals surface area contributed by atoms with Crippen LogP contribution in [-0.4, -0.2) is 46.2 Å². The number of hydrazone groups is 1. The normalized spacial score (nSPS) is 20.7. The number of carbonyl (C=O) groups is 2. The van der Waals surface area contributed by atoms with E-state index in [1.165, 1.54) is 19.1 Å². The first-order valence-corrected chi connectivity index (χ1v) is 7.09. The largest absolute Gasteiger partial charge is 0.466 e. The zero-order chi connectivity index (χ0) is 18.0. The monoisotopic (exact) mass is 344 g/mol. The minimum Gasteiger partial charge on any atom is -0.466 e. The van der Waals surface area contributed by atoms with E-state index < -0.39 is 36.6 Å². The van der Waals surface area contributed by atoms with Crippen molar-refractivity contribution >= 4 is 17.6 Å². The smallest absolute Gasteiger partial charge is 0.438 e. The average Bonchev–Trinajstić information content (AvgIpc) is 2.87. The molecule has 1 aromatic rings. The second kappa shape index (κ2) is 6.60. The van der Waals surface area contributed by atoms with Gasteiger partial charge < -0.3 is 9.84 Å². The minimum absolute atomic E-state index is 0.0197. The molecule has 0 fully saturated rings. The van der Waals surface area contributed by atoms with Gasteiger partial charge in [-0.15, -0.1) is 0 Å². The Kier molecular flexibility index (Phi) is 4.93. The van der Waals surface area contributed by atoms with E-state index in [1.54, 1.807) is 18.2 Å². The summed E-state index contributed by atoms with van der Waals surface area (Å²) in [6, 6.07) is 7.86. The van der Waals surface area contributed by atoms with E-state index >= 15 is 0 Å². The number of ether oxygens (including phenoxy) is 1. The zero-order valence-corrected chi connectivity index (χ0v) is 12.7. The highest BCUT2D eigenvalue weighted by atomic mass is 19.4. The first-order valence-electron chi connectivity index (χ1n) is 7.09. The van der Waals surface area contributed by atoms with Crippen LogP contribution in [0.15, 0.2) is 35.4 Å². The zero-order valence-electron chi connectivity index (χ0n) is 12.7. The lowest BCUT2D eigenvalue weighted by Crippen LogP contribution is -2.57. The molecule has 0 radical (unpaired) electrons. The SMILES string of the molecule is CCOC(=O)CC(=O)N1N=C(c2ccccc2)CC1(O)C(F)(F)F. The van der Waals surface area contributed by atoms with Crippen molar-refractivity contribution in [3.8, 4) is 0 Å². The van der Waals surface area contributed by atoms with Gasteiger partial charge in [0.05, 0.1) is 18.7 Å². The van der Waals surface area contributed by atoms with Crippen molar-refractivity contribution in [1.82, 2.24) is 5.01 Å². The van der Waals surface area contributed by atoms with Crippen LogP contribution in [0.25, 0.3) is 0 Å². The standard InChI is InChI=1S/C15H15F3N2O4/c1-2-24-13(22)8-12(21)20-14(23,15(16,17)18)9-11(19-20)10-6-4-3-5-7-10/h3-7,23H,2,8-9H2,1H3. The summed E-state index contributed by atoms with van der Waals surface area (Å²) in [6.07, 6.45) is -7.01. The third kappa shape index (κ3) is 3.40. The van der Waals surface area contributed by atoms with Gasteiger partial charge in [0.2, 0.25) is 0 Å². The van der Waals surface area contributed by atoms with Crippen molar-refractivity contribution in [1.29, 1.82) is 0 Å². The molecule has 0 spiro atoms. The van der Waals surface area contributed by atoms with Crippen LogP contribution in [0.1, 0.15) is 25.3 Å². The number of amides is 1. The van der Waals surface area contributed by atoms with E-state index in [0.717, 1.165) is 0 Å². The fraction of sp³-hybridized carbons (Fsp3) is 0.400. The molecule has 1 aromatic carbocycles. The van der Waals surface area contributed by atoms with Crippen LogP contribution in [0.3, 0.4) is 0 Å². The maximum atomic E-state index is 13.3. The first kappa shape index (κ1) is 17.9. The molecule has 0 saturated heterocycles. The molecule has 0 aromatic heterocycles. The summed E-state index contributed by atoms with van der Waals surface area (Å²) in [5.41, 5.74) is -3.26. The summed E-state index contributed by atoms with van der Waals surface area (Å²) in [5.74, 6) is -2.28. The van der Waals surface area contributed by atoms with Crippen molar-refractivity contribution in [2.75, 3.05) is 6.61 Å². The van der Waals surface area contributed by atoms with Crippen LogP contribution in [-0.2, 0) is 14.3 Å². The quantitative estimate of drug-likeness (QED) is 0.668. The van der Waals surface area contributed by atoms with Crippen LogP contribution in [0.2, 0.25) is 0 Å². The van der Waals surface area contributed by atoms with Gasteiger partial charge in [-0.1, -0.05) is 30.3 Å². The van der Waals surface area contributed by atoms with E-state index in [9.17, 15) is 27.9 Å². The Hall–Kier alpha value is -2.42. The Morgan fingerprint density at radius 1 is 1.33 bits per heavy atom. The number of carbonyl (C=O) groups excluding carboxylic acids is 2. The first-order chi connectivity index (χ1) is 11.2. The lowest BCUT2D eigenvalue weighted by atomic mass is 10.0. The maximum absolute atomic E-state index is 13.3. The number of aliphatic hydroxyl groups is 1. The predicted octanol–water partition coefficient (Wildman–Crippen LogP) is 1.83. The van der Waals surface area contributed by atoms with Crippen molar-refractivity contribution in [3.05, 3.63) is 35.9 Å². The molecule has 1 heterocycles. The fourth-order valence-electron chi connectivity index (χ4n) is 2.23. The molecule has 1 atom stereocenters. The van der Waals surface area contributed by atoms with Crippen molar-refractivity contribution in [2.45, 2.75) is 31.7 Å². The number of nitrogens with zero attached hydrogens (tertiary/aromatic N) is 2. The van der Waals surface area contributed by atoms with Crippen LogP contribution < -0.4 is 0 Å². The number of hydrogen-bond donors (Lipinski definition) is 1. The highest BCUT2D eigenvalue weighted by Gasteiger charge is 2.63. The van der Waals surface area contributed by atoms with Crippen LogP contribution >= 0.6 is 0 Å². The number of hydrogen-bond acceptors (Lipinski definition) is 5. The van der Waals surface area contributed by atoms with Gasteiger partial charge >= 0.3 is 12.1 Å². The highest BCUT2D eigenvalue weighted by molar-refractivity contribution is 6.04. The van der Waals surface area contributed by atoms with Gasteiger partial charge in [0.25, 0.3) is 11.6 Å². The number of benzene rings is 1. The molecule has 9 heteroatoms.